The molecule has 1 fully saturated rings. The molecule has 5 nitrogen and oxygen atoms in total. The number of aromatic amines is 1. The summed E-state index contributed by atoms with van der Waals surface area (Å²) in [7, 11) is 0. The van der Waals surface area contributed by atoms with E-state index >= 15 is 0 Å². The standard InChI is InChI=1S/C14H24N4OS/c1-9(2)8-15-13(19)10(3)20-14-16-12(17-18-14)11-6-4-5-7-11/h9-11H,4-8H2,1-3H3,(H,15,19)(H,16,17,18). The zero-order valence-corrected chi connectivity index (χ0v) is 13.3. The van der Waals surface area contributed by atoms with E-state index < -0.39 is 0 Å². The molecule has 112 valence electrons. The highest BCUT2D eigenvalue weighted by Crippen LogP contribution is 2.32. The summed E-state index contributed by atoms with van der Waals surface area (Å²) < 4.78 is 0. The molecule has 1 heterocycles. The van der Waals surface area contributed by atoms with Crippen LogP contribution in [0, 0.1) is 5.92 Å². The summed E-state index contributed by atoms with van der Waals surface area (Å²) in [6, 6.07) is 0. The number of rotatable bonds is 6. The molecule has 0 saturated heterocycles. The Morgan fingerprint density at radius 1 is 1.40 bits per heavy atom. The molecule has 0 spiro atoms. The molecular formula is C14H24N4OS. The molecule has 20 heavy (non-hydrogen) atoms. The molecule has 1 amide bonds. The molecule has 0 aromatic carbocycles. The second-order valence-electron chi connectivity index (χ2n) is 5.88. The van der Waals surface area contributed by atoms with E-state index in [1.165, 1.54) is 37.4 Å². The largest absolute Gasteiger partial charge is 0.355 e. The van der Waals surface area contributed by atoms with Crippen LogP contribution in [0.3, 0.4) is 0 Å². The van der Waals surface area contributed by atoms with Crippen molar-refractivity contribution < 1.29 is 4.79 Å². The smallest absolute Gasteiger partial charge is 0.233 e. The van der Waals surface area contributed by atoms with Crippen LogP contribution in [0.2, 0.25) is 0 Å². The van der Waals surface area contributed by atoms with E-state index in [9.17, 15) is 4.79 Å². The van der Waals surface area contributed by atoms with Crippen LogP contribution < -0.4 is 5.32 Å². The van der Waals surface area contributed by atoms with Crippen molar-refractivity contribution in [1.29, 1.82) is 0 Å². The van der Waals surface area contributed by atoms with Crippen molar-refractivity contribution in [3.63, 3.8) is 0 Å². The Balaban J connectivity index is 1.84. The molecule has 2 rings (SSSR count). The Bertz CT molecular complexity index is 440. The highest BCUT2D eigenvalue weighted by Gasteiger charge is 2.22. The molecule has 6 heteroatoms. The van der Waals surface area contributed by atoms with Crippen molar-refractivity contribution in [1.82, 2.24) is 20.5 Å². The van der Waals surface area contributed by atoms with Crippen LogP contribution in [-0.4, -0.2) is 32.9 Å². The van der Waals surface area contributed by atoms with Gasteiger partial charge < -0.3 is 5.32 Å². The third kappa shape index (κ3) is 4.23. The topological polar surface area (TPSA) is 70.7 Å². The Labute approximate surface area is 124 Å². The lowest BCUT2D eigenvalue weighted by Gasteiger charge is -2.11. The Kier molecular flexibility index (Phi) is 5.46. The van der Waals surface area contributed by atoms with Gasteiger partial charge in [0.15, 0.2) is 0 Å². The summed E-state index contributed by atoms with van der Waals surface area (Å²) in [4.78, 5) is 16.4. The van der Waals surface area contributed by atoms with Gasteiger partial charge in [0.2, 0.25) is 11.1 Å². The van der Waals surface area contributed by atoms with Gasteiger partial charge in [-0.2, -0.15) is 0 Å². The predicted octanol–water partition coefficient (Wildman–Crippen LogP) is 2.72. The van der Waals surface area contributed by atoms with Crippen LogP contribution in [0.25, 0.3) is 0 Å². The summed E-state index contributed by atoms with van der Waals surface area (Å²) in [6.07, 6.45) is 4.96. The number of amides is 1. The van der Waals surface area contributed by atoms with Crippen molar-refractivity contribution in [2.24, 2.45) is 5.92 Å². The first-order chi connectivity index (χ1) is 9.56. The fourth-order valence-corrected chi connectivity index (χ4v) is 3.11. The summed E-state index contributed by atoms with van der Waals surface area (Å²) in [5.41, 5.74) is 0. The first-order valence-electron chi connectivity index (χ1n) is 7.43. The van der Waals surface area contributed by atoms with Crippen molar-refractivity contribution in [2.75, 3.05) is 6.54 Å². The average Bonchev–Trinajstić information content (AvgIpc) is 3.05. The predicted molar refractivity (Wildman–Crippen MR) is 80.8 cm³/mol. The number of thioether (sulfide) groups is 1. The molecule has 1 unspecified atom stereocenters. The van der Waals surface area contributed by atoms with Gasteiger partial charge in [0, 0.05) is 12.5 Å². The van der Waals surface area contributed by atoms with Gasteiger partial charge >= 0.3 is 0 Å². The van der Waals surface area contributed by atoms with Crippen molar-refractivity contribution in [3.05, 3.63) is 5.82 Å². The quantitative estimate of drug-likeness (QED) is 0.792. The minimum atomic E-state index is -0.166. The summed E-state index contributed by atoms with van der Waals surface area (Å²) in [5.74, 6) is 2.03. The van der Waals surface area contributed by atoms with Gasteiger partial charge in [0.05, 0.1) is 5.25 Å². The maximum atomic E-state index is 11.9. The lowest BCUT2D eigenvalue weighted by atomic mass is 10.1. The Morgan fingerprint density at radius 2 is 2.10 bits per heavy atom. The van der Waals surface area contributed by atoms with E-state index in [0.717, 1.165) is 5.82 Å². The van der Waals surface area contributed by atoms with E-state index in [1.54, 1.807) is 0 Å². The second-order valence-corrected chi connectivity index (χ2v) is 7.19. The lowest BCUT2D eigenvalue weighted by Crippen LogP contribution is -2.33. The van der Waals surface area contributed by atoms with Gasteiger partial charge in [-0.05, 0) is 25.7 Å². The maximum absolute atomic E-state index is 11.9. The molecule has 2 N–H and O–H groups in total. The number of carbonyl (C=O) groups is 1. The lowest BCUT2D eigenvalue weighted by molar-refractivity contribution is -0.120. The number of nitrogens with one attached hydrogen (secondary N) is 2. The zero-order chi connectivity index (χ0) is 14.5. The fraction of sp³-hybridized carbons (Fsp3) is 0.786. The van der Waals surface area contributed by atoms with Crippen LogP contribution in [0.5, 0.6) is 0 Å². The number of H-pyrrole nitrogens is 1. The number of nitrogens with zero attached hydrogens (tertiary/aromatic N) is 2. The molecule has 1 aliphatic rings. The van der Waals surface area contributed by atoms with Crippen LogP contribution >= 0.6 is 11.8 Å². The number of hydrogen-bond donors (Lipinski definition) is 2. The van der Waals surface area contributed by atoms with Gasteiger partial charge in [-0.3, -0.25) is 9.89 Å². The van der Waals surface area contributed by atoms with Crippen molar-refractivity contribution in [3.8, 4) is 0 Å². The first-order valence-corrected chi connectivity index (χ1v) is 8.31. The SMILES string of the molecule is CC(C)CNC(=O)C(C)Sc1n[nH]c(C2CCCC2)n1. The van der Waals surface area contributed by atoms with Gasteiger partial charge in [0.25, 0.3) is 0 Å². The van der Waals surface area contributed by atoms with E-state index in [2.05, 4.69) is 34.3 Å². The minimum Gasteiger partial charge on any atom is -0.355 e. The fourth-order valence-electron chi connectivity index (χ4n) is 2.35. The highest BCUT2D eigenvalue weighted by atomic mass is 32.2. The molecule has 0 radical (unpaired) electrons. The highest BCUT2D eigenvalue weighted by molar-refractivity contribution is 8.00. The number of carbonyl (C=O) groups excluding carboxylic acids is 1. The Morgan fingerprint density at radius 3 is 2.75 bits per heavy atom. The van der Waals surface area contributed by atoms with Crippen LogP contribution in [0.15, 0.2) is 5.16 Å². The number of hydrogen-bond acceptors (Lipinski definition) is 4. The average molecular weight is 296 g/mol. The van der Waals surface area contributed by atoms with Crippen molar-refractivity contribution in [2.45, 2.75) is 62.8 Å². The maximum Gasteiger partial charge on any atom is 0.233 e. The molecule has 1 saturated carbocycles. The monoisotopic (exact) mass is 296 g/mol. The van der Waals surface area contributed by atoms with Crippen LogP contribution in [0.4, 0.5) is 0 Å². The molecule has 1 atom stereocenters. The molecule has 0 aliphatic heterocycles. The third-order valence-electron chi connectivity index (χ3n) is 3.56. The van der Waals surface area contributed by atoms with E-state index in [1.807, 2.05) is 6.92 Å². The van der Waals surface area contributed by atoms with Gasteiger partial charge in [-0.25, -0.2) is 4.98 Å². The van der Waals surface area contributed by atoms with E-state index in [0.29, 0.717) is 23.5 Å². The van der Waals surface area contributed by atoms with Crippen LogP contribution in [0.1, 0.15) is 58.2 Å². The van der Waals surface area contributed by atoms with Crippen LogP contribution in [-0.2, 0) is 4.79 Å². The summed E-state index contributed by atoms with van der Waals surface area (Å²) in [5, 5.41) is 10.7. The first kappa shape index (κ1) is 15.4. The van der Waals surface area contributed by atoms with E-state index in [-0.39, 0.29) is 11.2 Å². The molecule has 1 aromatic rings. The van der Waals surface area contributed by atoms with Crippen molar-refractivity contribution >= 4 is 17.7 Å². The molecule has 1 aromatic heterocycles. The second kappa shape index (κ2) is 7.11. The van der Waals surface area contributed by atoms with Gasteiger partial charge in [-0.1, -0.05) is 38.5 Å². The molecular weight excluding hydrogens is 272 g/mol. The molecule has 1 aliphatic carbocycles. The third-order valence-corrected chi connectivity index (χ3v) is 4.52. The molecule has 0 bridgehead atoms. The van der Waals surface area contributed by atoms with E-state index in [4.69, 9.17) is 0 Å². The summed E-state index contributed by atoms with van der Waals surface area (Å²) in [6.45, 7) is 6.78. The normalized spacial score (nSPS) is 17.6. The zero-order valence-electron chi connectivity index (χ0n) is 12.5. The summed E-state index contributed by atoms with van der Waals surface area (Å²) >= 11 is 1.42. The van der Waals surface area contributed by atoms with Gasteiger partial charge in [0.1, 0.15) is 5.82 Å². The number of aromatic nitrogens is 3. The minimum absolute atomic E-state index is 0.0518. The Hall–Kier alpha value is -1.04. The van der Waals surface area contributed by atoms with Gasteiger partial charge in [-0.15, -0.1) is 5.10 Å².